The highest BCUT2D eigenvalue weighted by Gasteiger charge is 2.54. The highest BCUT2D eigenvalue weighted by Crippen LogP contribution is 2.34. The molecule has 0 atom stereocenters. The lowest BCUT2D eigenvalue weighted by molar-refractivity contribution is -0.133. The monoisotopic (exact) mass is 382 g/mol. The van der Waals surface area contributed by atoms with Crippen LogP contribution in [0.3, 0.4) is 0 Å². The first kappa shape index (κ1) is 19.1. The standard InChI is InChI=1S/C17H26N4O4S/c1-19-9-7-17(8-10-19,16(22)18-23)26(24,25)21-13-11-20(12-14-21)15-5-3-2-4-6-15/h2-6,23H,7-14H2,1H3,(H,18,22). The molecule has 0 aliphatic carbocycles. The van der Waals surface area contributed by atoms with Gasteiger partial charge in [0.2, 0.25) is 10.0 Å². The van der Waals surface area contributed by atoms with Crippen molar-refractivity contribution in [2.24, 2.45) is 0 Å². The third-order valence-electron chi connectivity index (χ3n) is 5.50. The van der Waals surface area contributed by atoms with Crippen molar-refractivity contribution in [3.63, 3.8) is 0 Å². The minimum Gasteiger partial charge on any atom is -0.369 e. The van der Waals surface area contributed by atoms with Crippen molar-refractivity contribution in [1.82, 2.24) is 14.7 Å². The lowest BCUT2D eigenvalue weighted by Crippen LogP contribution is -2.63. The molecule has 2 aliphatic rings. The Labute approximate surface area is 154 Å². The second-order valence-corrected chi connectivity index (χ2v) is 9.21. The molecular formula is C17H26N4O4S. The number of hydrogen-bond acceptors (Lipinski definition) is 6. The first-order chi connectivity index (χ1) is 12.4. The van der Waals surface area contributed by atoms with Crippen molar-refractivity contribution in [3.8, 4) is 0 Å². The average molecular weight is 382 g/mol. The lowest BCUT2D eigenvalue weighted by Gasteiger charge is -2.43. The van der Waals surface area contributed by atoms with E-state index in [1.54, 1.807) is 5.48 Å². The molecule has 2 saturated heterocycles. The Hall–Kier alpha value is -1.68. The molecule has 26 heavy (non-hydrogen) atoms. The van der Waals surface area contributed by atoms with Crippen molar-refractivity contribution in [1.29, 1.82) is 0 Å². The molecule has 0 bridgehead atoms. The molecular weight excluding hydrogens is 356 g/mol. The summed E-state index contributed by atoms with van der Waals surface area (Å²) in [6, 6.07) is 9.86. The third-order valence-corrected chi connectivity index (χ3v) is 8.13. The Morgan fingerprint density at radius 3 is 2.15 bits per heavy atom. The fourth-order valence-corrected chi connectivity index (χ4v) is 5.87. The number of anilines is 1. The molecule has 1 aromatic rings. The molecule has 8 nitrogen and oxygen atoms in total. The van der Waals surface area contributed by atoms with E-state index < -0.39 is 20.7 Å². The van der Waals surface area contributed by atoms with E-state index in [4.69, 9.17) is 5.21 Å². The molecule has 0 unspecified atom stereocenters. The van der Waals surface area contributed by atoms with Crippen LogP contribution in [0, 0.1) is 0 Å². The summed E-state index contributed by atoms with van der Waals surface area (Å²) in [7, 11) is -1.98. The van der Waals surface area contributed by atoms with Gasteiger partial charge in [-0.15, -0.1) is 0 Å². The van der Waals surface area contributed by atoms with E-state index in [1.165, 1.54) is 4.31 Å². The van der Waals surface area contributed by atoms with Crippen molar-refractivity contribution >= 4 is 21.6 Å². The molecule has 2 heterocycles. The number of nitrogens with zero attached hydrogens (tertiary/aromatic N) is 3. The summed E-state index contributed by atoms with van der Waals surface area (Å²) >= 11 is 0. The van der Waals surface area contributed by atoms with E-state index in [2.05, 4.69) is 4.90 Å². The zero-order valence-corrected chi connectivity index (χ0v) is 15.8. The number of hydrogen-bond donors (Lipinski definition) is 2. The molecule has 1 aromatic carbocycles. The fraction of sp³-hybridized carbons (Fsp3) is 0.588. The summed E-state index contributed by atoms with van der Waals surface area (Å²) in [5.74, 6) is -0.823. The van der Waals surface area contributed by atoms with Gasteiger partial charge in [0.1, 0.15) is 0 Å². The van der Waals surface area contributed by atoms with Gasteiger partial charge in [0.15, 0.2) is 4.75 Å². The van der Waals surface area contributed by atoms with Crippen molar-refractivity contribution in [3.05, 3.63) is 30.3 Å². The van der Waals surface area contributed by atoms with Crippen LogP contribution in [-0.2, 0) is 14.8 Å². The van der Waals surface area contributed by atoms with Crippen LogP contribution in [0.15, 0.2) is 30.3 Å². The molecule has 0 saturated carbocycles. The van der Waals surface area contributed by atoms with Gasteiger partial charge >= 0.3 is 0 Å². The van der Waals surface area contributed by atoms with E-state index in [9.17, 15) is 13.2 Å². The number of carbonyl (C=O) groups is 1. The van der Waals surface area contributed by atoms with Crippen LogP contribution in [0.25, 0.3) is 0 Å². The molecule has 0 radical (unpaired) electrons. The van der Waals surface area contributed by atoms with Crippen molar-refractivity contribution in [2.75, 3.05) is 51.2 Å². The quantitative estimate of drug-likeness (QED) is 0.567. The number of nitrogens with one attached hydrogen (secondary N) is 1. The molecule has 2 fully saturated rings. The molecule has 1 amide bonds. The summed E-state index contributed by atoms with van der Waals surface area (Å²) in [4.78, 5) is 16.5. The number of amides is 1. The topological polar surface area (TPSA) is 93.2 Å². The number of likely N-dealkylation sites (tertiary alicyclic amines) is 1. The average Bonchev–Trinajstić information content (AvgIpc) is 2.68. The van der Waals surface area contributed by atoms with E-state index in [-0.39, 0.29) is 12.8 Å². The van der Waals surface area contributed by atoms with Gasteiger partial charge in [-0.1, -0.05) is 18.2 Å². The molecule has 2 N–H and O–H groups in total. The second-order valence-electron chi connectivity index (χ2n) is 6.97. The molecule has 0 aromatic heterocycles. The van der Waals surface area contributed by atoms with Crippen molar-refractivity contribution < 1.29 is 18.4 Å². The molecule has 9 heteroatoms. The van der Waals surface area contributed by atoms with Crippen LogP contribution >= 0.6 is 0 Å². The third kappa shape index (κ3) is 3.32. The fourth-order valence-electron chi connectivity index (χ4n) is 3.76. The Morgan fingerprint density at radius 1 is 1.04 bits per heavy atom. The van der Waals surface area contributed by atoms with E-state index in [1.807, 2.05) is 42.3 Å². The first-order valence-corrected chi connectivity index (χ1v) is 10.3. The predicted octanol–water partition coefficient (Wildman–Crippen LogP) is 0.108. The van der Waals surface area contributed by atoms with Gasteiger partial charge in [-0.3, -0.25) is 10.0 Å². The van der Waals surface area contributed by atoms with Crippen LogP contribution in [0.4, 0.5) is 5.69 Å². The Morgan fingerprint density at radius 2 is 1.62 bits per heavy atom. The number of piperazine rings is 1. The normalized spacial score (nSPS) is 22.2. The van der Waals surface area contributed by atoms with Gasteiger partial charge in [0, 0.05) is 31.9 Å². The predicted molar refractivity (Wildman–Crippen MR) is 98.5 cm³/mol. The summed E-state index contributed by atoms with van der Waals surface area (Å²) in [5, 5.41) is 9.17. The number of benzene rings is 1. The largest absolute Gasteiger partial charge is 0.369 e. The number of para-hydroxylation sites is 1. The lowest BCUT2D eigenvalue weighted by atomic mass is 9.95. The summed E-state index contributed by atoms with van der Waals surface area (Å²) in [6.07, 6.45) is 0.355. The summed E-state index contributed by atoms with van der Waals surface area (Å²) < 4.78 is 26.5. The number of rotatable bonds is 4. The smallest absolute Gasteiger partial charge is 0.266 e. The van der Waals surface area contributed by atoms with Crippen LogP contribution in [0.5, 0.6) is 0 Å². The summed E-state index contributed by atoms with van der Waals surface area (Å²) in [5.41, 5.74) is 2.66. The van der Waals surface area contributed by atoms with E-state index in [0.29, 0.717) is 39.3 Å². The highest BCUT2D eigenvalue weighted by atomic mass is 32.2. The van der Waals surface area contributed by atoms with Crippen molar-refractivity contribution in [2.45, 2.75) is 17.6 Å². The van der Waals surface area contributed by atoms with E-state index >= 15 is 0 Å². The van der Waals surface area contributed by atoms with Gasteiger partial charge in [-0.05, 0) is 45.1 Å². The maximum atomic E-state index is 13.3. The molecule has 2 aliphatic heterocycles. The molecule has 144 valence electrons. The van der Waals surface area contributed by atoms with Gasteiger partial charge in [0.05, 0.1) is 0 Å². The van der Waals surface area contributed by atoms with Crippen LogP contribution in [0.1, 0.15) is 12.8 Å². The SMILES string of the molecule is CN1CCC(C(=O)NO)(S(=O)(=O)N2CCN(c3ccccc3)CC2)CC1. The highest BCUT2D eigenvalue weighted by molar-refractivity contribution is 7.91. The zero-order valence-electron chi connectivity index (χ0n) is 15.0. The minimum atomic E-state index is -3.88. The van der Waals surface area contributed by atoms with Crippen LogP contribution in [-0.4, -0.2) is 79.8 Å². The van der Waals surface area contributed by atoms with Crippen LogP contribution < -0.4 is 10.4 Å². The number of piperidine rings is 1. The number of sulfonamides is 1. The van der Waals surface area contributed by atoms with Crippen LogP contribution in [0.2, 0.25) is 0 Å². The number of carbonyl (C=O) groups excluding carboxylic acids is 1. The molecule has 0 spiro atoms. The van der Waals surface area contributed by atoms with E-state index in [0.717, 1.165) is 5.69 Å². The maximum Gasteiger partial charge on any atom is 0.266 e. The summed E-state index contributed by atoms with van der Waals surface area (Å²) in [6.45, 7) is 2.79. The maximum absolute atomic E-state index is 13.3. The number of hydroxylamine groups is 1. The first-order valence-electron chi connectivity index (χ1n) is 8.83. The van der Waals surface area contributed by atoms with Gasteiger partial charge in [-0.2, -0.15) is 4.31 Å². The second kappa shape index (κ2) is 7.51. The Balaban J connectivity index is 1.78. The minimum absolute atomic E-state index is 0.178. The molecule has 3 rings (SSSR count). The Bertz CT molecular complexity index is 724. The van der Waals surface area contributed by atoms with Gasteiger partial charge in [-0.25, -0.2) is 13.9 Å². The Kier molecular flexibility index (Phi) is 5.52. The zero-order chi connectivity index (χ0) is 18.8. The van der Waals surface area contributed by atoms with Gasteiger partial charge < -0.3 is 9.80 Å². The van der Waals surface area contributed by atoms with Gasteiger partial charge in [0.25, 0.3) is 5.91 Å².